The quantitative estimate of drug-likeness (QED) is 0.855. The van der Waals surface area contributed by atoms with Gasteiger partial charge in [-0.2, -0.15) is 0 Å². The number of ketones is 1. The van der Waals surface area contributed by atoms with Crippen LogP contribution in [0.3, 0.4) is 0 Å². The highest BCUT2D eigenvalue weighted by molar-refractivity contribution is 5.93. The molecule has 4 nitrogen and oxygen atoms in total. The van der Waals surface area contributed by atoms with Crippen molar-refractivity contribution in [3.63, 3.8) is 0 Å². The maximum atomic E-state index is 12.0. The summed E-state index contributed by atoms with van der Waals surface area (Å²) in [5.74, 6) is -1.13. The second-order valence-corrected chi connectivity index (χ2v) is 5.92. The minimum atomic E-state index is -0.974. The summed E-state index contributed by atoms with van der Waals surface area (Å²) < 4.78 is 0. The van der Waals surface area contributed by atoms with Crippen molar-refractivity contribution in [3.05, 3.63) is 35.4 Å². The number of carboxylic acids is 1. The summed E-state index contributed by atoms with van der Waals surface area (Å²) >= 11 is 0. The van der Waals surface area contributed by atoms with Gasteiger partial charge in [0.25, 0.3) is 0 Å². The predicted molar refractivity (Wildman–Crippen MR) is 70.2 cm³/mol. The van der Waals surface area contributed by atoms with E-state index >= 15 is 0 Å². The number of Topliss-reactive ketones (excluding diaryl/α,β-unsaturated/α-hetero) is 1. The van der Waals surface area contributed by atoms with E-state index in [2.05, 4.69) is 0 Å². The van der Waals surface area contributed by atoms with Crippen molar-refractivity contribution in [3.8, 4) is 0 Å². The highest BCUT2D eigenvalue weighted by Crippen LogP contribution is 2.51. The number of benzene rings is 1. The van der Waals surface area contributed by atoms with Gasteiger partial charge in [-0.3, -0.25) is 4.79 Å². The van der Waals surface area contributed by atoms with Gasteiger partial charge in [0.2, 0.25) is 0 Å². The molecule has 0 unspecified atom stereocenters. The zero-order valence-electron chi connectivity index (χ0n) is 11.3. The third-order valence-electron chi connectivity index (χ3n) is 4.67. The van der Waals surface area contributed by atoms with Gasteiger partial charge in [-0.1, -0.05) is 32.9 Å². The fourth-order valence-corrected chi connectivity index (χ4v) is 2.88. The van der Waals surface area contributed by atoms with Crippen LogP contribution in [0.15, 0.2) is 24.3 Å². The van der Waals surface area contributed by atoms with E-state index < -0.39 is 22.9 Å². The minimum absolute atomic E-state index is 0.155. The fourth-order valence-electron chi connectivity index (χ4n) is 2.88. The van der Waals surface area contributed by atoms with E-state index in [0.29, 0.717) is 6.42 Å². The average Bonchev–Trinajstić information content (AvgIpc) is 2.51. The summed E-state index contributed by atoms with van der Waals surface area (Å²) in [6.45, 7) is 5.60. The van der Waals surface area contributed by atoms with Crippen LogP contribution in [0.1, 0.15) is 43.1 Å². The first-order chi connectivity index (χ1) is 8.70. The number of aliphatic hydroxyl groups is 1. The molecule has 1 aromatic carbocycles. The Balaban J connectivity index is 2.45. The number of hydrogen-bond donors (Lipinski definition) is 2. The van der Waals surface area contributed by atoms with Crippen LogP contribution in [-0.4, -0.2) is 28.1 Å². The SMILES string of the molecule is CC1(C)C(=O)[C@@H](O)C[C@]1(C)c1ccc(C(=O)O)cc1. The highest BCUT2D eigenvalue weighted by Gasteiger charge is 2.56. The molecule has 102 valence electrons. The first-order valence-corrected chi connectivity index (χ1v) is 6.26. The maximum absolute atomic E-state index is 12.0. The smallest absolute Gasteiger partial charge is 0.335 e. The number of rotatable bonds is 2. The zero-order valence-corrected chi connectivity index (χ0v) is 11.3. The van der Waals surface area contributed by atoms with E-state index in [9.17, 15) is 14.7 Å². The van der Waals surface area contributed by atoms with E-state index in [1.165, 1.54) is 12.1 Å². The molecule has 19 heavy (non-hydrogen) atoms. The van der Waals surface area contributed by atoms with Crippen LogP contribution < -0.4 is 0 Å². The number of aliphatic hydroxyl groups excluding tert-OH is 1. The molecule has 1 aliphatic carbocycles. The Morgan fingerprint density at radius 3 is 2.11 bits per heavy atom. The summed E-state index contributed by atoms with van der Waals surface area (Å²) in [7, 11) is 0. The van der Waals surface area contributed by atoms with Crippen LogP contribution in [0.5, 0.6) is 0 Å². The van der Waals surface area contributed by atoms with Gasteiger partial charge in [-0.05, 0) is 24.1 Å². The summed E-state index contributed by atoms with van der Waals surface area (Å²) in [5.41, 5.74) is -0.0556. The Morgan fingerprint density at radius 1 is 1.21 bits per heavy atom. The Morgan fingerprint density at radius 2 is 1.74 bits per heavy atom. The average molecular weight is 262 g/mol. The first kappa shape index (κ1) is 13.7. The lowest BCUT2D eigenvalue weighted by Crippen LogP contribution is -2.38. The molecule has 0 saturated heterocycles. The largest absolute Gasteiger partial charge is 0.478 e. The van der Waals surface area contributed by atoms with Crippen LogP contribution in [0.2, 0.25) is 0 Å². The predicted octanol–water partition coefficient (Wildman–Crippen LogP) is 2.00. The number of carbonyl (C=O) groups excluding carboxylic acids is 1. The number of aromatic carboxylic acids is 1. The van der Waals surface area contributed by atoms with Crippen molar-refractivity contribution in [2.24, 2.45) is 5.41 Å². The van der Waals surface area contributed by atoms with Gasteiger partial charge in [0.15, 0.2) is 5.78 Å². The van der Waals surface area contributed by atoms with Gasteiger partial charge in [0.05, 0.1) is 5.56 Å². The van der Waals surface area contributed by atoms with Gasteiger partial charge in [0, 0.05) is 10.8 Å². The summed E-state index contributed by atoms with van der Waals surface area (Å²) in [6.07, 6.45) is -0.579. The third-order valence-corrected chi connectivity index (χ3v) is 4.67. The van der Waals surface area contributed by atoms with E-state index in [1.54, 1.807) is 12.1 Å². The number of carbonyl (C=O) groups is 2. The fraction of sp³-hybridized carbons (Fsp3) is 0.467. The van der Waals surface area contributed by atoms with E-state index in [4.69, 9.17) is 5.11 Å². The lowest BCUT2D eigenvalue weighted by molar-refractivity contribution is -0.131. The minimum Gasteiger partial charge on any atom is -0.478 e. The first-order valence-electron chi connectivity index (χ1n) is 6.26. The molecule has 0 heterocycles. The molecule has 0 bridgehead atoms. The van der Waals surface area contributed by atoms with E-state index in [-0.39, 0.29) is 11.3 Å². The van der Waals surface area contributed by atoms with Crippen molar-refractivity contribution in [1.29, 1.82) is 0 Å². The normalized spacial score (nSPS) is 29.5. The molecule has 0 aliphatic heterocycles. The Bertz CT molecular complexity index is 530. The van der Waals surface area contributed by atoms with Crippen LogP contribution in [0.25, 0.3) is 0 Å². The lowest BCUT2D eigenvalue weighted by atomic mass is 9.65. The van der Waals surface area contributed by atoms with Crippen molar-refractivity contribution in [2.75, 3.05) is 0 Å². The third kappa shape index (κ3) is 1.87. The summed E-state index contributed by atoms with van der Waals surface area (Å²) in [5, 5.41) is 18.7. The molecule has 2 rings (SSSR count). The number of hydrogen-bond acceptors (Lipinski definition) is 3. The van der Waals surface area contributed by atoms with Crippen molar-refractivity contribution in [2.45, 2.75) is 38.7 Å². The van der Waals surface area contributed by atoms with Gasteiger partial charge in [-0.15, -0.1) is 0 Å². The van der Waals surface area contributed by atoms with Crippen LogP contribution in [0, 0.1) is 5.41 Å². The molecule has 1 aromatic rings. The molecule has 0 radical (unpaired) electrons. The van der Waals surface area contributed by atoms with Crippen molar-refractivity contribution < 1.29 is 19.8 Å². The Hall–Kier alpha value is -1.68. The number of carboxylic acid groups (broad SMARTS) is 1. The Labute approximate surface area is 112 Å². The van der Waals surface area contributed by atoms with Gasteiger partial charge in [-0.25, -0.2) is 4.79 Å². The van der Waals surface area contributed by atoms with E-state index in [0.717, 1.165) is 5.56 Å². The molecule has 4 heteroatoms. The molecule has 1 fully saturated rings. The van der Waals surface area contributed by atoms with Gasteiger partial charge < -0.3 is 10.2 Å². The second-order valence-electron chi connectivity index (χ2n) is 5.92. The zero-order chi connectivity index (χ0) is 14.4. The maximum Gasteiger partial charge on any atom is 0.335 e. The van der Waals surface area contributed by atoms with E-state index in [1.807, 2.05) is 20.8 Å². The van der Waals surface area contributed by atoms with Crippen LogP contribution in [-0.2, 0) is 10.2 Å². The van der Waals surface area contributed by atoms with Crippen LogP contribution in [0.4, 0.5) is 0 Å². The van der Waals surface area contributed by atoms with Gasteiger partial charge >= 0.3 is 5.97 Å². The molecule has 0 amide bonds. The molecule has 0 spiro atoms. The monoisotopic (exact) mass is 262 g/mol. The molecule has 0 aromatic heterocycles. The highest BCUT2D eigenvalue weighted by atomic mass is 16.4. The molecular weight excluding hydrogens is 244 g/mol. The van der Waals surface area contributed by atoms with Crippen molar-refractivity contribution >= 4 is 11.8 Å². The Kier molecular flexibility index (Phi) is 3.01. The summed E-state index contributed by atoms with van der Waals surface area (Å²) in [4.78, 5) is 22.9. The molecule has 1 aliphatic rings. The van der Waals surface area contributed by atoms with Crippen molar-refractivity contribution in [1.82, 2.24) is 0 Å². The standard InChI is InChI=1S/C15H18O4/c1-14(2)12(17)11(16)8-15(14,3)10-6-4-9(5-7-10)13(18)19/h4-7,11,16H,8H2,1-3H3,(H,18,19)/t11-,15+/m0/s1. The topological polar surface area (TPSA) is 74.6 Å². The molecule has 1 saturated carbocycles. The van der Waals surface area contributed by atoms with Crippen LogP contribution >= 0.6 is 0 Å². The molecule has 2 atom stereocenters. The lowest BCUT2D eigenvalue weighted by Gasteiger charge is -2.37. The van der Waals surface area contributed by atoms with Gasteiger partial charge in [0.1, 0.15) is 6.10 Å². The molecule has 2 N–H and O–H groups in total. The summed E-state index contributed by atoms with van der Waals surface area (Å²) in [6, 6.07) is 6.54. The molecular formula is C15H18O4. The second kappa shape index (κ2) is 4.17.